The molecule has 0 saturated heterocycles. The number of fused-ring (bicyclic) bond motifs is 1. The van der Waals surface area contributed by atoms with E-state index in [2.05, 4.69) is 33.2 Å². The maximum Gasteiger partial charge on any atom is 0.127 e. The Labute approximate surface area is 126 Å². The SMILES string of the molecule is C[C@H](N[C@H]1CCc2c(F)cc(Br)cc21)c1ccncc1. The number of nitrogens with zero attached hydrogens (tertiary/aromatic N) is 1. The molecule has 0 unspecified atom stereocenters. The van der Waals surface area contributed by atoms with Crippen LogP contribution in [-0.4, -0.2) is 4.98 Å². The lowest BCUT2D eigenvalue weighted by Gasteiger charge is -2.21. The summed E-state index contributed by atoms with van der Waals surface area (Å²) in [5, 5.41) is 3.59. The zero-order valence-corrected chi connectivity index (χ0v) is 12.8. The van der Waals surface area contributed by atoms with Crippen LogP contribution < -0.4 is 5.32 Å². The molecule has 0 spiro atoms. The Morgan fingerprint density at radius 1 is 1.35 bits per heavy atom. The van der Waals surface area contributed by atoms with Crippen LogP contribution in [0.2, 0.25) is 0 Å². The standard InChI is InChI=1S/C16H16BrFN2/c1-10(11-4-6-19-7-5-11)20-16-3-2-13-14(16)8-12(17)9-15(13)18/h4-10,16,20H,2-3H2,1H3/t10-,16-/m0/s1. The summed E-state index contributed by atoms with van der Waals surface area (Å²) in [5.41, 5.74) is 3.13. The number of nitrogens with one attached hydrogen (secondary N) is 1. The van der Waals surface area contributed by atoms with Crippen LogP contribution in [0.3, 0.4) is 0 Å². The van der Waals surface area contributed by atoms with Gasteiger partial charge in [-0.15, -0.1) is 0 Å². The van der Waals surface area contributed by atoms with Crippen LogP contribution in [0.5, 0.6) is 0 Å². The minimum Gasteiger partial charge on any atom is -0.303 e. The predicted octanol–water partition coefficient (Wildman–Crippen LogP) is 4.32. The molecule has 2 nitrogen and oxygen atoms in total. The lowest BCUT2D eigenvalue weighted by atomic mass is 10.0. The fourth-order valence-electron chi connectivity index (χ4n) is 2.87. The number of benzene rings is 1. The highest BCUT2D eigenvalue weighted by molar-refractivity contribution is 9.10. The lowest BCUT2D eigenvalue weighted by molar-refractivity contribution is 0.464. The Hall–Kier alpha value is -1.26. The van der Waals surface area contributed by atoms with Crippen molar-refractivity contribution in [2.45, 2.75) is 31.8 Å². The average Bonchev–Trinajstić information content (AvgIpc) is 2.83. The van der Waals surface area contributed by atoms with Gasteiger partial charge in [0.05, 0.1) is 0 Å². The van der Waals surface area contributed by atoms with Gasteiger partial charge in [0, 0.05) is 29.0 Å². The zero-order valence-electron chi connectivity index (χ0n) is 11.2. The van der Waals surface area contributed by atoms with E-state index in [1.807, 2.05) is 18.2 Å². The molecule has 0 aliphatic heterocycles. The van der Waals surface area contributed by atoms with Crippen LogP contribution in [0.1, 0.15) is 42.1 Å². The second-order valence-corrected chi connectivity index (χ2v) is 6.13. The summed E-state index contributed by atoms with van der Waals surface area (Å²) in [6, 6.07) is 8.02. The zero-order chi connectivity index (χ0) is 14.1. The van der Waals surface area contributed by atoms with Crippen molar-refractivity contribution in [3.63, 3.8) is 0 Å². The number of aromatic nitrogens is 1. The smallest absolute Gasteiger partial charge is 0.127 e. The number of hydrogen-bond donors (Lipinski definition) is 1. The van der Waals surface area contributed by atoms with E-state index < -0.39 is 0 Å². The summed E-state index contributed by atoms with van der Waals surface area (Å²) in [6.45, 7) is 2.13. The molecule has 1 aromatic carbocycles. The molecule has 0 radical (unpaired) electrons. The molecule has 2 aromatic rings. The predicted molar refractivity (Wildman–Crippen MR) is 80.9 cm³/mol. The first-order valence-electron chi connectivity index (χ1n) is 6.79. The van der Waals surface area contributed by atoms with Gasteiger partial charge in [0.2, 0.25) is 0 Å². The summed E-state index contributed by atoms with van der Waals surface area (Å²) in [6.07, 6.45) is 5.34. The highest BCUT2D eigenvalue weighted by Crippen LogP contribution is 2.36. The lowest BCUT2D eigenvalue weighted by Crippen LogP contribution is -2.23. The van der Waals surface area contributed by atoms with Gasteiger partial charge < -0.3 is 5.32 Å². The van der Waals surface area contributed by atoms with E-state index in [-0.39, 0.29) is 17.9 Å². The Balaban J connectivity index is 1.82. The second kappa shape index (κ2) is 5.62. The van der Waals surface area contributed by atoms with E-state index >= 15 is 0 Å². The van der Waals surface area contributed by atoms with Crippen molar-refractivity contribution < 1.29 is 4.39 Å². The van der Waals surface area contributed by atoms with Crippen molar-refractivity contribution in [1.82, 2.24) is 10.3 Å². The van der Waals surface area contributed by atoms with Gasteiger partial charge in [-0.25, -0.2) is 4.39 Å². The number of halogens is 2. The maximum atomic E-state index is 13.9. The van der Waals surface area contributed by atoms with Gasteiger partial charge in [0.15, 0.2) is 0 Å². The number of hydrogen-bond acceptors (Lipinski definition) is 2. The molecular weight excluding hydrogens is 319 g/mol. The Kier molecular flexibility index (Phi) is 3.85. The summed E-state index contributed by atoms with van der Waals surface area (Å²) in [7, 11) is 0. The first kappa shape index (κ1) is 13.7. The third kappa shape index (κ3) is 2.63. The molecular formula is C16H16BrFN2. The number of pyridine rings is 1. The normalized spacial score (nSPS) is 18.9. The van der Waals surface area contributed by atoms with E-state index in [0.29, 0.717) is 0 Å². The van der Waals surface area contributed by atoms with Crippen molar-refractivity contribution in [3.8, 4) is 0 Å². The molecule has 0 fully saturated rings. The Morgan fingerprint density at radius 2 is 2.10 bits per heavy atom. The first-order valence-corrected chi connectivity index (χ1v) is 7.58. The largest absolute Gasteiger partial charge is 0.303 e. The Morgan fingerprint density at radius 3 is 2.85 bits per heavy atom. The molecule has 1 aliphatic carbocycles. The monoisotopic (exact) mass is 334 g/mol. The van der Waals surface area contributed by atoms with Crippen LogP contribution in [-0.2, 0) is 6.42 Å². The molecule has 4 heteroatoms. The summed E-state index contributed by atoms with van der Waals surface area (Å²) >= 11 is 3.38. The minimum atomic E-state index is -0.102. The van der Waals surface area contributed by atoms with Crippen molar-refractivity contribution >= 4 is 15.9 Å². The third-order valence-corrected chi connectivity index (χ3v) is 4.37. The van der Waals surface area contributed by atoms with E-state index in [9.17, 15) is 4.39 Å². The molecule has 0 amide bonds. The molecule has 1 aliphatic rings. The second-order valence-electron chi connectivity index (χ2n) is 5.22. The third-order valence-electron chi connectivity index (χ3n) is 3.91. The van der Waals surface area contributed by atoms with Gasteiger partial charge in [0.25, 0.3) is 0 Å². The molecule has 20 heavy (non-hydrogen) atoms. The van der Waals surface area contributed by atoms with Gasteiger partial charge in [-0.3, -0.25) is 4.98 Å². The molecule has 0 bridgehead atoms. The van der Waals surface area contributed by atoms with Crippen molar-refractivity contribution in [1.29, 1.82) is 0 Å². The van der Waals surface area contributed by atoms with E-state index in [0.717, 1.165) is 28.4 Å². The topological polar surface area (TPSA) is 24.9 Å². The number of rotatable bonds is 3. The summed E-state index contributed by atoms with van der Waals surface area (Å²) < 4.78 is 14.7. The molecule has 3 rings (SSSR count). The Bertz CT molecular complexity index is 615. The summed E-state index contributed by atoms with van der Waals surface area (Å²) in [4.78, 5) is 4.04. The average molecular weight is 335 g/mol. The van der Waals surface area contributed by atoms with Crippen molar-refractivity contribution in [2.75, 3.05) is 0 Å². The fourth-order valence-corrected chi connectivity index (χ4v) is 3.31. The van der Waals surface area contributed by atoms with Gasteiger partial charge in [-0.1, -0.05) is 15.9 Å². The molecule has 0 saturated carbocycles. The quantitative estimate of drug-likeness (QED) is 0.904. The molecule has 104 valence electrons. The van der Waals surface area contributed by atoms with E-state index in [1.54, 1.807) is 18.5 Å². The van der Waals surface area contributed by atoms with Crippen LogP contribution in [0.25, 0.3) is 0 Å². The fraction of sp³-hybridized carbons (Fsp3) is 0.312. The van der Waals surface area contributed by atoms with E-state index in [1.165, 1.54) is 5.56 Å². The highest BCUT2D eigenvalue weighted by atomic mass is 79.9. The minimum absolute atomic E-state index is 0.102. The van der Waals surface area contributed by atoms with Crippen LogP contribution in [0.15, 0.2) is 41.1 Å². The van der Waals surface area contributed by atoms with Gasteiger partial charge in [-0.05, 0) is 60.7 Å². The molecule has 2 atom stereocenters. The van der Waals surface area contributed by atoms with Crippen molar-refractivity contribution in [2.24, 2.45) is 0 Å². The first-order chi connectivity index (χ1) is 9.65. The highest BCUT2D eigenvalue weighted by Gasteiger charge is 2.26. The molecule has 1 N–H and O–H groups in total. The van der Waals surface area contributed by atoms with Gasteiger partial charge >= 0.3 is 0 Å². The molecule has 1 heterocycles. The van der Waals surface area contributed by atoms with Gasteiger partial charge in [0.1, 0.15) is 5.82 Å². The van der Waals surface area contributed by atoms with E-state index in [4.69, 9.17) is 0 Å². The van der Waals surface area contributed by atoms with Crippen LogP contribution in [0, 0.1) is 5.82 Å². The summed E-state index contributed by atoms with van der Waals surface area (Å²) in [5.74, 6) is -0.102. The van der Waals surface area contributed by atoms with Crippen LogP contribution >= 0.6 is 15.9 Å². The molecule has 1 aromatic heterocycles. The van der Waals surface area contributed by atoms with Crippen molar-refractivity contribution in [3.05, 3.63) is 63.6 Å². The van der Waals surface area contributed by atoms with Gasteiger partial charge in [-0.2, -0.15) is 0 Å². The van der Waals surface area contributed by atoms with Crippen LogP contribution in [0.4, 0.5) is 4.39 Å². The maximum absolute atomic E-state index is 13.9.